The topological polar surface area (TPSA) is 47.6 Å². The van der Waals surface area contributed by atoms with Crippen LogP contribution in [0.5, 0.6) is 0 Å². The Balaban J connectivity index is 1.81. The van der Waals surface area contributed by atoms with Gasteiger partial charge in [0.2, 0.25) is 5.91 Å². The molecule has 1 aromatic rings. The summed E-state index contributed by atoms with van der Waals surface area (Å²) >= 11 is 3.48. The number of piperazine rings is 1. The number of nitrogens with one attached hydrogen (secondary N) is 2. The Bertz CT molecular complexity index is 522. The van der Waals surface area contributed by atoms with Crippen molar-refractivity contribution in [3.63, 3.8) is 0 Å². The van der Waals surface area contributed by atoms with E-state index in [1.54, 1.807) is 0 Å². The quantitative estimate of drug-likeness (QED) is 0.848. The van der Waals surface area contributed by atoms with Gasteiger partial charge in [-0.05, 0) is 25.2 Å². The lowest BCUT2D eigenvalue weighted by Crippen LogP contribution is -2.56. The van der Waals surface area contributed by atoms with Gasteiger partial charge >= 0.3 is 0 Å². The minimum absolute atomic E-state index is 0.130. The van der Waals surface area contributed by atoms with Crippen molar-refractivity contribution in [2.24, 2.45) is 0 Å². The molecule has 6 heteroatoms. The van der Waals surface area contributed by atoms with Gasteiger partial charge in [-0.15, -0.1) is 0 Å². The van der Waals surface area contributed by atoms with Crippen molar-refractivity contribution in [1.82, 2.24) is 10.2 Å². The summed E-state index contributed by atoms with van der Waals surface area (Å²) < 4.78 is 0.992. The molecule has 0 aromatic heterocycles. The van der Waals surface area contributed by atoms with Crippen LogP contribution < -0.4 is 15.5 Å². The molecule has 1 fully saturated rings. The van der Waals surface area contributed by atoms with Gasteiger partial charge in [0.1, 0.15) is 0 Å². The maximum atomic E-state index is 12.2. The lowest BCUT2D eigenvalue weighted by Gasteiger charge is -2.37. The number of benzene rings is 1. The summed E-state index contributed by atoms with van der Waals surface area (Å²) in [7, 11) is 2.12. The van der Waals surface area contributed by atoms with E-state index in [-0.39, 0.29) is 5.91 Å². The highest BCUT2D eigenvalue weighted by molar-refractivity contribution is 9.10. The molecule has 1 aromatic carbocycles. The molecule has 1 atom stereocenters. The SMILES string of the molecule is CN1CCNC(CN2C(=O)CNc3ccc(Br)cc32)C1. The van der Waals surface area contributed by atoms with E-state index in [9.17, 15) is 4.79 Å². The van der Waals surface area contributed by atoms with Crippen LogP contribution in [0.1, 0.15) is 0 Å². The summed E-state index contributed by atoms with van der Waals surface area (Å²) in [6.07, 6.45) is 0. The molecule has 5 nitrogen and oxygen atoms in total. The first-order chi connectivity index (χ1) is 9.63. The first-order valence-electron chi connectivity index (χ1n) is 6.89. The Morgan fingerprint density at radius 1 is 1.45 bits per heavy atom. The number of halogens is 1. The number of anilines is 2. The van der Waals surface area contributed by atoms with Crippen LogP contribution in [0.15, 0.2) is 22.7 Å². The predicted octanol–water partition coefficient (Wildman–Crippen LogP) is 1.11. The molecule has 1 amide bonds. The van der Waals surface area contributed by atoms with Gasteiger partial charge in [-0.25, -0.2) is 0 Å². The Morgan fingerprint density at radius 3 is 3.10 bits per heavy atom. The van der Waals surface area contributed by atoms with Gasteiger partial charge in [0.15, 0.2) is 0 Å². The average Bonchev–Trinajstić information content (AvgIpc) is 2.42. The van der Waals surface area contributed by atoms with E-state index in [1.807, 2.05) is 23.1 Å². The van der Waals surface area contributed by atoms with Crippen molar-refractivity contribution in [1.29, 1.82) is 0 Å². The number of carbonyl (C=O) groups excluding carboxylic acids is 1. The molecule has 0 bridgehead atoms. The zero-order chi connectivity index (χ0) is 14.1. The third-order valence-corrected chi connectivity index (χ3v) is 4.34. The molecule has 2 aliphatic heterocycles. The van der Waals surface area contributed by atoms with Crippen molar-refractivity contribution in [3.05, 3.63) is 22.7 Å². The van der Waals surface area contributed by atoms with E-state index in [4.69, 9.17) is 0 Å². The van der Waals surface area contributed by atoms with Crippen LogP contribution in [0.3, 0.4) is 0 Å². The third-order valence-electron chi connectivity index (χ3n) is 3.84. The molecular weight excluding hydrogens is 320 g/mol. The first kappa shape index (κ1) is 13.9. The van der Waals surface area contributed by atoms with Crippen LogP contribution in [-0.4, -0.2) is 56.6 Å². The normalized spacial score (nSPS) is 23.4. The van der Waals surface area contributed by atoms with E-state index in [1.165, 1.54) is 0 Å². The summed E-state index contributed by atoms with van der Waals surface area (Å²) in [4.78, 5) is 16.4. The van der Waals surface area contributed by atoms with Crippen LogP contribution in [0, 0.1) is 0 Å². The average molecular weight is 339 g/mol. The minimum atomic E-state index is 0.130. The maximum absolute atomic E-state index is 12.2. The van der Waals surface area contributed by atoms with Gasteiger partial charge in [0.05, 0.1) is 17.9 Å². The summed E-state index contributed by atoms with van der Waals surface area (Å²) in [5.74, 6) is 0.130. The number of fused-ring (bicyclic) bond motifs is 1. The maximum Gasteiger partial charge on any atom is 0.246 e. The van der Waals surface area contributed by atoms with Gasteiger partial charge in [0.25, 0.3) is 0 Å². The van der Waals surface area contributed by atoms with E-state index in [0.717, 1.165) is 35.5 Å². The number of carbonyl (C=O) groups is 1. The molecule has 3 rings (SSSR count). The molecule has 108 valence electrons. The van der Waals surface area contributed by atoms with Crippen LogP contribution in [0.4, 0.5) is 11.4 Å². The van der Waals surface area contributed by atoms with Crippen molar-refractivity contribution in [3.8, 4) is 0 Å². The number of nitrogens with zero attached hydrogens (tertiary/aromatic N) is 2. The van der Waals surface area contributed by atoms with Gasteiger partial charge in [-0.1, -0.05) is 15.9 Å². The first-order valence-corrected chi connectivity index (χ1v) is 7.68. The Morgan fingerprint density at radius 2 is 2.30 bits per heavy atom. The molecule has 2 heterocycles. The largest absolute Gasteiger partial charge is 0.374 e. The Labute approximate surface area is 127 Å². The summed E-state index contributed by atoms with van der Waals surface area (Å²) in [5.41, 5.74) is 1.99. The predicted molar refractivity (Wildman–Crippen MR) is 84.3 cm³/mol. The van der Waals surface area contributed by atoms with Gasteiger partial charge < -0.3 is 20.4 Å². The Kier molecular flexibility index (Phi) is 3.96. The van der Waals surface area contributed by atoms with Crippen molar-refractivity contribution in [2.45, 2.75) is 6.04 Å². The number of likely N-dealkylation sites (N-methyl/N-ethyl adjacent to an activating group) is 1. The van der Waals surface area contributed by atoms with E-state index in [0.29, 0.717) is 19.1 Å². The molecule has 2 aliphatic rings. The zero-order valence-corrected chi connectivity index (χ0v) is 13.1. The van der Waals surface area contributed by atoms with E-state index in [2.05, 4.69) is 38.5 Å². The lowest BCUT2D eigenvalue weighted by atomic mass is 10.1. The number of amides is 1. The molecule has 0 radical (unpaired) electrons. The molecule has 0 spiro atoms. The summed E-state index contributed by atoms with van der Waals surface area (Å²) in [6.45, 7) is 4.10. The molecular formula is C14H19BrN4O. The van der Waals surface area contributed by atoms with E-state index >= 15 is 0 Å². The van der Waals surface area contributed by atoms with Crippen molar-refractivity contribution < 1.29 is 4.79 Å². The molecule has 1 unspecified atom stereocenters. The molecule has 2 N–H and O–H groups in total. The second kappa shape index (κ2) is 5.71. The fourth-order valence-corrected chi connectivity index (χ4v) is 3.16. The summed E-state index contributed by atoms with van der Waals surface area (Å²) in [6, 6.07) is 6.33. The van der Waals surface area contributed by atoms with Gasteiger partial charge in [0, 0.05) is 36.7 Å². The van der Waals surface area contributed by atoms with E-state index < -0.39 is 0 Å². The zero-order valence-electron chi connectivity index (χ0n) is 11.5. The fourth-order valence-electron chi connectivity index (χ4n) is 2.81. The van der Waals surface area contributed by atoms with Crippen LogP contribution in [-0.2, 0) is 4.79 Å². The Hall–Kier alpha value is -1.11. The van der Waals surface area contributed by atoms with Crippen LogP contribution >= 0.6 is 15.9 Å². The smallest absolute Gasteiger partial charge is 0.246 e. The lowest BCUT2D eigenvalue weighted by molar-refractivity contribution is -0.117. The molecule has 1 saturated heterocycles. The second-order valence-corrected chi connectivity index (χ2v) is 6.35. The highest BCUT2D eigenvalue weighted by Crippen LogP contribution is 2.32. The molecule has 0 aliphatic carbocycles. The van der Waals surface area contributed by atoms with Gasteiger partial charge in [-0.2, -0.15) is 0 Å². The number of hydrogen-bond donors (Lipinski definition) is 2. The summed E-state index contributed by atoms with van der Waals surface area (Å²) in [5, 5.41) is 6.67. The van der Waals surface area contributed by atoms with Crippen molar-refractivity contribution >= 4 is 33.2 Å². The number of hydrogen-bond acceptors (Lipinski definition) is 4. The standard InChI is InChI=1S/C14H19BrN4O/c1-18-5-4-16-11(8-18)9-19-13-6-10(15)2-3-12(13)17-7-14(19)20/h2-3,6,11,16-17H,4-5,7-9H2,1H3. The number of rotatable bonds is 2. The second-order valence-electron chi connectivity index (χ2n) is 5.43. The minimum Gasteiger partial charge on any atom is -0.374 e. The van der Waals surface area contributed by atoms with Gasteiger partial charge in [-0.3, -0.25) is 4.79 Å². The van der Waals surface area contributed by atoms with Crippen LogP contribution in [0.25, 0.3) is 0 Å². The highest BCUT2D eigenvalue weighted by atomic mass is 79.9. The fraction of sp³-hybridized carbons (Fsp3) is 0.500. The van der Waals surface area contributed by atoms with Crippen LogP contribution in [0.2, 0.25) is 0 Å². The third kappa shape index (κ3) is 2.82. The van der Waals surface area contributed by atoms with Crippen molar-refractivity contribution in [2.75, 3.05) is 50.0 Å². The highest BCUT2D eigenvalue weighted by Gasteiger charge is 2.28. The monoisotopic (exact) mass is 338 g/mol. The molecule has 20 heavy (non-hydrogen) atoms. The molecule has 0 saturated carbocycles.